The highest BCUT2D eigenvalue weighted by Gasteiger charge is 2.47. The third-order valence-corrected chi connectivity index (χ3v) is 16.1. The molecular formula is C71H129NO10. The van der Waals surface area contributed by atoms with Gasteiger partial charge in [0.05, 0.1) is 25.4 Å². The molecule has 0 aromatic heterocycles. The van der Waals surface area contributed by atoms with E-state index in [-0.39, 0.29) is 19.4 Å². The first-order chi connectivity index (χ1) is 40.2. The SMILES string of the molecule is CCCCC/C=C\C/C=C\CCCCCCCCCCCCCCCCCC(=O)OC1C(OCC(NC(=O)C(O)CCCCCCCC/C=C\C/C=C\CCCCC)C(O)/C=C/CCCCCCCCCCCC)OC(CO)C(O)C1O. The molecule has 478 valence electrons. The lowest BCUT2D eigenvalue weighted by molar-refractivity contribution is -0.305. The van der Waals surface area contributed by atoms with Crippen molar-refractivity contribution in [3.8, 4) is 0 Å². The highest BCUT2D eigenvalue weighted by atomic mass is 16.7. The molecular weight excluding hydrogens is 1030 g/mol. The summed E-state index contributed by atoms with van der Waals surface area (Å²) in [4.78, 5) is 26.6. The number of rotatable bonds is 59. The maximum Gasteiger partial charge on any atom is 0.306 e. The number of unbranched alkanes of at least 4 members (excludes halogenated alkanes) is 37. The molecule has 8 atom stereocenters. The summed E-state index contributed by atoms with van der Waals surface area (Å²) in [7, 11) is 0. The number of nitrogens with one attached hydrogen (secondary N) is 1. The first-order valence-electron chi connectivity index (χ1n) is 34.6. The Balaban J connectivity index is 2.57. The number of aliphatic hydroxyl groups is 5. The Bertz CT molecular complexity index is 1560. The van der Waals surface area contributed by atoms with Crippen LogP contribution < -0.4 is 5.32 Å². The lowest BCUT2D eigenvalue weighted by atomic mass is 9.99. The zero-order chi connectivity index (χ0) is 59.6. The number of allylic oxidation sites excluding steroid dienone is 9. The van der Waals surface area contributed by atoms with Crippen molar-refractivity contribution < 1.29 is 49.3 Å². The normalized spacial score (nSPS) is 19.0. The Morgan fingerprint density at radius 1 is 0.476 bits per heavy atom. The lowest BCUT2D eigenvalue weighted by Gasteiger charge is -2.41. The molecule has 0 bridgehead atoms. The summed E-state index contributed by atoms with van der Waals surface area (Å²) in [5, 5.41) is 57.1. The van der Waals surface area contributed by atoms with Crippen molar-refractivity contribution in [2.24, 2.45) is 0 Å². The van der Waals surface area contributed by atoms with Crippen LogP contribution in [-0.4, -0.2) is 99.6 Å². The number of carbonyl (C=O) groups is 2. The zero-order valence-electron chi connectivity index (χ0n) is 53.1. The number of carbonyl (C=O) groups excluding carboxylic acids is 2. The van der Waals surface area contributed by atoms with Gasteiger partial charge in [0.15, 0.2) is 12.4 Å². The van der Waals surface area contributed by atoms with Gasteiger partial charge < -0.3 is 45.1 Å². The second-order valence-electron chi connectivity index (χ2n) is 23.9. The van der Waals surface area contributed by atoms with E-state index in [1.807, 2.05) is 6.08 Å². The molecule has 8 unspecified atom stereocenters. The molecule has 0 saturated carbocycles. The molecule has 0 aliphatic carbocycles. The van der Waals surface area contributed by atoms with Gasteiger partial charge in [-0.25, -0.2) is 0 Å². The number of amides is 1. The predicted octanol–water partition coefficient (Wildman–Crippen LogP) is 17.3. The van der Waals surface area contributed by atoms with E-state index in [0.29, 0.717) is 12.8 Å². The van der Waals surface area contributed by atoms with Crippen molar-refractivity contribution in [2.75, 3.05) is 13.2 Å². The molecule has 82 heavy (non-hydrogen) atoms. The fraction of sp³-hybridized carbons (Fsp3) is 0.831. The molecule has 6 N–H and O–H groups in total. The standard InChI is InChI=1S/C71H129NO10/c1-4-7-10-13-16-19-22-25-27-29-30-31-32-33-34-35-36-37-39-41-44-47-50-53-56-59-66(76)82-69-68(78)67(77)65(60-73)81-71(69)80-61-62(63(74)57-54-51-48-45-42-24-21-18-15-12-9-6-3)72-70(79)64(75)58-55-52-49-46-43-40-38-28-26-23-20-17-14-11-8-5-2/h16-17,19-20,25-28,54,57,62-65,67-69,71,73-75,77-78H,4-15,18,21-24,29-53,55-56,58-61H2,1-3H3,(H,72,79)/b19-16-,20-17-,27-25-,28-26-,57-54+. The fourth-order valence-corrected chi connectivity index (χ4v) is 10.7. The number of esters is 1. The summed E-state index contributed by atoms with van der Waals surface area (Å²) in [5.41, 5.74) is 0. The maximum absolute atomic E-state index is 13.4. The van der Waals surface area contributed by atoms with Gasteiger partial charge in [-0.05, 0) is 89.9 Å². The number of hydrogen-bond acceptors (Lipinski definition) is 10. The van der Waals surface area contributed by atoms with Crippen molar-refractivity contribution in [3.05, 3.63) is 60.8 Å². The van der Waals surface area contributed by atoms with Crippen molar-refractivity contribution in [1.29, 1.82) is 0 Å². The van der Waals surface area contributed by atoms with Crippen LogP contribution in [0, 0.1) is 0 Å². The van der Waals surface area contributed by atoms with Gasteiger partial charge >= 0.3 is 5.97 Å². The minimum atomic E-state index is -1.62. The molecule has 11 heteroatoms. The van der Waals surface area contributed by atoms with E-state index in [9.17, 15) is 35.1 Å². The summed E-state index contributed by atoms with van der Waals surface area (Å²) >= 11 is 0. The second-order valence-corrected chi connectivity index (χ2v) is 23.9. The van der Waals surface area contributed by atoms with Crippen LogP contribution in [0.15, 0.2) is 60.8 Å². The van der Waals surface area contributed by atoms with Gasteiger partial charge in [0.25, 0.3) is 0 Å². The van der Waals surface area contributed by atoms with Gasteiger partial charge in [0.2, 0.25) is 5.91 Å². The molecule has 1 saturated heterocycles. The highest BCUT2D eigenvalue weighted by Crippen LogP contribution is 2.26. The molecule has 0 aromatic rings. The monoisotopic (exact) mass is 1160 g/mol. The van der Waals surface area contributed by atoms with E-state index >= 15 is 0 Å². The number of ether oxygens (including phenoxy) is 3. The molecule has 1 rings (SSSR count). The average Bonchev–Trinajstić information content (AvgIpc) is 3.56. The molecule has 0 aromatic carbocycles. The maximum atomic E-state index is 13.4. The van der Waals surface area contributed by atoms with E-state index in [4.69, 9.17) is 14.2 Å². The van der Waals surface area contributed by atoms with Gasteiger partial charge in [-0.2, -0.15) is 0 Å². The molecule has 0 radical (unpaired) electrons. The van der Waals surface area contributed by atoms with Crippen molar-refractivity contribution in [2.45, 2.75) is 365 Å². The van der Waals surface area contributed by atoms with E-state index < -0.39 is 67.4 Å². The van der Waals surface area contributed by atoms with E-state index in [1.54, 1.807) is 6.08 Å². The molecule has 1 aliphatic rings. The minimum absolute atomic E-state index is 0.123. The highest BCUT2D eigenvalue weighted by molar-refractivity contribution is 5.80. The van der Waals surface area contributed by atoms with Crippen LogP contribution in [0.2, 0.25) is 0 Å². The largest absolute Gasteiger partial charge is 0.454 e. The summed E-state index contributed by atoms with van der Waals surface area (Å²) in [6.07, 6.45) is 64.0. The van der Waals surface area contributed by atoms with Crippen LogP contribution in [-0.2, 0) is 23.8 Å². The van der Waals surface area contributed by atoms with Gasteiger partial charge in [0, 0.05) is 6.42 Å². The van der Waals surface area contributed by atoms with Crippen LogP contribution in [0.1, 0.15) is 316 Å². The average molecular weight is 1160 g/mol. The van der Waals surface area contributed by atoms with E-state index in [2.05, 4.69) is 74.7 Å². The smallest absolute Gasteiger partial charge is 0.306 e. The summed E-state index contributed by atoms with van der Waals surface area (Å²) in [5.74, 6) is -1.19. The first kappa shape index (κ1) is 77.4. The van der Waals surface area contributed by atoms with Gasteiger partial charge in [-0.3, -0.25) is 9.59 Å². The molecule has 11 nitrogen and oxygen atoms in total. The Kier molecular flexibility index (Phi) is 55.4. The third-order valence-electron chi connectivity index (χ3n) is 16.1. The summed E-state index contributed by atoms with van der Waals surface area (Å²) < 4.78 is 17.7. The lowest BCUT2D eigenvalue weighted by Crippen LogP contribution is -2.61. The molecule has 0 spiro atoms. The second kappa shape index (κ2) is 58.7. The van der Waals surface area contributed by atoms with Crippen molar-refractivity contribution >= 4 is 11.9 Å². The van der Waals surface area contributed by atoms with Crippen molar-refractivity contribution in [3.63, 3.8) is 0 Å². The third kappa shape index (κ3) is 45.7. The number of aliphatic hydroxyl groups excluding tert-OH is 5. The van der Waals surface area contributed by atoms with Crippen LogP contribution >= 0.6 is 0 Å². The molecule has 1 heterocycles. The number of hydrogen-bond donors (Lipinski definition) is 6. The topological polar surface area (TPSA) is 175 Å². The van der Waals surface area contributed by atoms with Gasteiger partial charge in [0.1, 0.15) is 24.4 Å². The van der Waals surface area contributed by atoms with Crippen LogP contribution in [0.5, 0.6) is 0 Å². The summed E-state index contributed by atoms with van der Waals surface area (Å²) in [6, 6.07) is -1.03. The quantitative estimate of drug-likeness (QED) is 0.0195. The van der Waals surface area contributed by atoms with E-state index in [0.717, 1.165) is 89.9 Å². The van der Waals surface area contributed by atoms with Crippen LogP contribution in [0.3, 0.4) is 0 Å². The van der Waals surface area contributed by atoms with E-state index in [1.165, 1.54) is 180 Å². The minimum Gasteiger partial charge on any atom is -0.454 e. The Labute approximate surface area is 503 Å². The fourth-order valence-electron chi connectivity index (χ4n) is 10.7. The Morgan fingerprint density at radius 3 is 1.27 bits per heavy atom. The first-order valence-corrected chi connectivity index (χ1v) is 34.6. The zero-order valence-corrected chi connectivity index (χ0v) is 53.1. The van der Waals surface area contributed by atoms with Crippen molar-refractivity contribution in [1.82, 2.24) is 5.32 Å². The van der Waals surface area contributed by atoms with Crippen LogP contribution in [0.4, 0.5) is 0 Å². The summed E-state index contributed by atoms with van der Waals surface area (Å²) in [6.45, 7) is 5.76. The Morgan fingerprint density at radius 2 is 0.841 bits per heavy atom. The Hall–Kier alpha value is -2.64. The predicted molar refractivity (Wildman–Crippen MR) is 343 cm³/mol. The van der Waals surface area contributed by atoms with Gasteiger partial charge in [-0.1, -0.05) is 281 Å². The molecule has 1 amide bonds. The molecule has 1 aliphatic heterocycles. The molecule has 1 fully saturated rings. The van der Waals surface area contributed by atoms with Gasteiger partial charge in [-0.15, -0.1) is 0 Å². The van der Waals surface area contributed by atoms with Crippen LogP contribution in [0.25, 0.3) is 0 Å².